The van der Waals surface area contributed by atoms with Crippen LogP contribution in [0, 0.1) is 0 Å². The second kappa shape index (κ2) is 33.3. The van der Waals surface area contributed by atoms with E-state index in [0.717, 1.165) is 84.2 Å². The number of aromatic nitrogens is 6. The van der Waals surface area contributed by atoms with Crippen LogP contribution in [0.1, 0.15) is 66.8 Å². The third kappa shape index (κ3) is 12.3. The number of fused-ring (bicyclic) bond motifs is 36. The maximum Gasteiger partial charge on any atom is 0.0754 e. The molecule has 6 aliphatic rings. The SMILES string of the molecule is c1ccc(-c2cc(-c3ccc4c(c3)-n3c5ccccc5c5cccc(c53)C43c4ccccc4-c4ccccc43)cc(-c3ccccc3)n2)cc1.c1ccc(-c2cc(-c3ccc4c(c3)C3(c5ccccc5-c5ccccc53)c3cccc5c6ccccc6n-4c35)cc(-c3ccccc3)n2)cc1.c1ccc(-c2cc(-c3ccc4c(c3)c3cccc5c3n4-c3ccccc3C53c4ccccc4-c4ccccc43)cc(-c3ccccc3)n2)cc1. The molecule has 21 aromatic carbocycles. The zero-order valence-corrected chi connectivity index (χ0v) is 81.6. The fourth-order valence-corrected chi connectivity index (χ4v) is 26.9. The molecular weight excluding hydrogens is 1810 g/mol. The Labute approximate surface area is 868 Å². The van der Waals surface area contributed by atoms with Gasteiger partial charge in [0.1, 0.15) is 0 Å². The number of pyridine rings is 3. The van der Waals surface area contributed by atoms with E-state index in [1.807, 2.05) is 0 Å². The molecule has 3 spiro atoms. The second-order valence-corrected chi connectivity index (χ2v) is 40.5. The molecule has 6 nitrogen and oxygen atoms in total. The van der Waals surface area contributed by atoms with Crippen molar-refractivity contribution in [1.29, 1.82) is 0 Å². The van der Waals surface area contributed by atoms with Gasteiger partial charge in [-0.2, -0.15) is 0 Å². The molecule has 0 radical (unpaired) electrons. The summed E-state index contributed by atoms with van der Waals surface area (Å²) in [5.41, 5.74) is 53.2. The van der Waals surface area contributed by atoms with E-state index in [4.69, 9.17) is 15.0 Å². The highest BCUT2D eigenvalue weighted by Gasteiger charge is 2.55. The van der Waals surface area contributed by atoms with Gasteiger partial charge in [-0.25, -0.2) is 15.0 Å². The van der Waals surface area contributed by atoms with Gasteiger partial charge in [-0.1, -0.05) is 461 Å². The molecule has 27 aromatic rings. The number of hydrogen-bond acceptors (Lipinski definition) is 3. The lowest BCUT2D eigenvalue weighted by molar-refractivity contribution is 0.748. The van der Waals surface area contributed by atoms with E-state index in [9.17, 15) is 0 Å². The number of rotatable bonds is 9. The first-order valence-electron chi connectivity index (χ1n) is 51.9. The van der Waals surface area contributed by atoms with Crippen LogP contribution in [0.25, 0.3) is 217 Å². The zero-order chi connectivity index (χ0) is 98.4. The minimum atomic E-state index is -0.486. The normalized spacial score (nSPS) is 13.4. The van der Waals surface area contributed by atoms with Crippen molar-refractivity contribution in [3.8, 4) is 151 Å². The molecule has 33 rings (SSSR count). The van der Waals surface area contributed by atoms with Crippen LogP contribution in [0.15, 0.2) is 546 Å². The molecule has 3 aliphatic heterocycles. The Bertz CT molecular complexity index is 9970. The van der Waals surface area contributed by atoms with Gasteiger partial charge in [-0.05, 0) is 218 Å². The van der Waals surface area contributed by atoms with Gasteiger partial charge in [0.15, 0.2) is 0 Å². The van der Waals surface area contributed by atoms with Crippen LogP contribution >= 0.6 is 0 Å². The summed E-state index contributed by atoms with van der Waals surface area (Å²) in [6.45, 7) is 0. The van der Waals surface area contributed by atoms with Crippen molar-refractivity contribution < 1.29 is 0 Å². The number of benzene rings is 21. The Morgan fingerprint density at radius 1 is 0.127 bits per heavy atom. The Morgan fingerprint density at radius 3 is 0.727 bits per heavy atom. The van der Waals surface area contributed by atoms with Crippen molar-refractivity contribution >= 4 is 65.4 Å². The first kappa shape index (κ1) is 84.9. The highest BCUT2D eigenvalue weighted by atomic mass is 15.0. The minimum absolute atomic E-state index is 0.406. The fourth-order valence-electron chi connectivity index (χ4n) is 26.9. The van der Waals surface area contributed by atoms with Crippen LogP contribution in [0.3, 0.4) is 0 Å². The number of hydrogen-bond donors (Lipinski definition) is 0. The van der Waals surface area contributed by atoms with Gasteiger partial charge in [-0.3, -0.25) is 0 Å². The maximum absolute atomic E-state index is 5.20. The van der Waals surface area contributed by atoms with Crippen molar-refractivity contribution in [3.05, 3.63) is 613 Å². The van der Waals surface area contributed by atoms with Gasteiger partial charge in [0.2, 0.25) is 0 Å². The Balaban J connectivity index is 0.000000101. The lowest BCUT2D eigenvalue weighted by Crippen LogP contribution is -2.33. The molecule has 6 aromatic heterocycles. The number of nitrogens with zero attached hydrogens (tertiary/aromatic N) is 6. The summed E-state index contributed by atoms with van der Waals surface area (Å²) in [6, 6.07) is 200. The van der Waals surface area contributed by atoms with Crippen molar-refractivity contribution in [2.45, 2.75) is 16.2 Å². The van der Waals surface area contributed by atoms with Crippen LogP contribution in [0.2, 0.25) is 0 Å². The largest absolute Gasteiger partial charge is 0.309 e. The first-order chi connectivity index (χ1) is 74.4. The predicted molar refractivity (Wildman–Crippen MR) is 617 cm³/mol. The van der Waals surface area contributed by atoms with Crippen molar-refractivity contribution in [3.63, 3.8) is 0 Å². The van der Waals surface area contributed by atoms with E-state index in [2.05, 4.69) is 560 Å². The van der Waals surface area contributed by atoms with Crippen LogP contribution < -0.4 is 0 Å². The molecule has 0 saturated heterocycles. The van der Waals surface area contributed by atoms with E-state index in [0.29, 0.717) is 0 Å². The van der Waals surface area contributed by atoms with Crippen molar-refractivity contribution in [2.75, 3.05) is 0 Å². The van der Waals surface area contributed by atoms with Gasteiger partial charge >= 0.3 is 0 Å². The third-order valence-corrected chi connectivity index (χ3v) is 33.0. The molecule has 0 unspecified atom stereocenters. The van der Waals surface area contributed by atoms with Crippen molar-refractivity contribution in [1.82, 2.24) is 28.7 Å². The van der Waals surface area contributed by atoms with E-state index in [1.54, 1.807) is 0 Å². The molecule has 9 heterocycles. The van der Waals surface area contributed by atoms with Crippen LogP contribution in [0.5, 0.6) is 0 Å². The lowest BCUT2D eigenvalue weighted by Gasteiger charge is -2.40. The number of para-hydroxylation sites is 6. The maximum atomic E-state index is 5.20. The summed E-state index contributed by atoms with van der Waals surface area (Å²) in [6.07, 6.45) is 0. The summed E-state index contributed by atoms with van der Waals surface area (Å²) in [5, 5.41) is 7.67. The van der Waals surface area contributed by atoms with Gasteiger partial charge < -0.3 is 13.7 Å². The van der Waals surface area contributed by atoms with Gasteiger partial charge in [-0.15, -0.1) is 0 Å². The summed E-state index contributed by atoms with van der Waals surface area (Å²) in [5.74, 6) is 0. The van der Waals surface area contributed by atoms with E-state index in [1.165, 1.54) is 199 Å². The molecule has 0 saturated carbocycles. The van der Waals surface area contributed by atoms with Gasteiger partial charge in [0, 0.05) is 65.7 Å². The van der Waals surface area contributed by atoms with Crippen LogP contribution in [0.4, 0.5) is 0 Å². The Hall–Kier alpha value is -19.5. The molecule has 696 valence electrons. The molecule has 0 N–H and O–H groups in total. The minimum Gasteiger partial charge on any atom is -0.309 e. The highest BCUT2D eigenvalue weighted by molar-refractivity contribution is 6.17. The fraction of sp³-hybridized carbons (Fsp3) is 0.0208. The predicted octanol–water partition coefficient (Wildman–Crippen LogP) is 35.6. The highest BCUT2D eigenvalue weighted by Crippen LogP contribution is 2.66. The molecule has 0 fully saturated rings. The standard InChI is InChI=1S/3C48H30N2/c1-3-14-31(15-4-1)43-28-34(29-44(49-43)32-16-5-2-6-17-32)33-26-27-41-46(30-33)50-45-25-12-9-20-37(45)38-21-13-24-42(47(38)50)48(41)39-22-10-7-18-35(39)36-19-8-11-23-40(36)48;1-3-14-31(15-4-1)43-29-34(30-44(49-43)32-16-5-2-6-17-32)33-26-27-46-42(28-33)48(39-22-10-7-18-35(39)36-19-8-11-23-40(36)48)41-24-13-21-38-37-20-9-12-25-45(37)50(46)47(38)41;1-3-14-31(15-4-1)43-29-34(30-44(49-43)32-16-5-2-6-17-32)33-26-27-45-38(28-33)37-20-13-24-42-47(37)50(45)46-25-12-11-23-41(46)48(42)39-21-9-7-18-35(39)36-19-8-10-22-40(36)48/h3*1-30H. The van der Waals surface area contributed by atoms with E-state index in [-0.39, 0.29) is 0 Å². The van der Waals surface area contributed by atoms with E-state index >= 15 is 0 Å². The molecule has 150 heavy (non-hydrogen) atoms. The summed E-state index contributed by atoms with van der Waals surface area (Å²) in [7, 11) is 0. The Kier molecular flexibility index (Phi) is 18.8. The Morgan fingerprint density at radius 2 is 0.367 bits per heavy atom. The van der Waals surface area contributed by atoms with Gasteiger partial charge in [0.25, 0.3) is 0 Å². The second-order valence-electron chi connectivity index (χ2n) is 40.5. The molecule has 0 amide bonds. The third-order valence-electron chi connectivity index (χ3n) is 33.0. The molecule has 0 bridgehead atoms. The smallest absolute Gasteiger partial charge is 0.0754 e. The lowest BCUT2D eigenvalue weighted by atomic mass is 9.65. The van der Waals surface area contributed by atoms with Crippen LogP contribution in [-0.2, 0) is 16.2 Å². The van der Waals surface area contributed by atoms with Gasteiger partial charge in [0.05, 0.1) is 101 Å². The first-order valence-corrected chi connectivity index (χ1v) is 51.9. The topological polar surface area (TPSA) is 53.5 Å². The van der Waals surface area contributed by atoms with Crippen molar-refractivity contribution in [2.24, 2.45) is 0 Å². The zero-order valence-electron chi connectivity index (χ0n) is 81.6. The van der Waals surface area contributed by atoms with Crippen LogP contribution in [-0.4, -0.2) is 28.7 Å². The average Bonchev–Trinajstić information content (AvgIpc) is 1.51. The average molecular weight is 1900 g/mol. The summed E-state index contributed by atoms with van der Waals surface area (Å²) in [4.78, 5) is 15.5. The summed E-state index contributed by atoms with van der Waals surface area (Å²) < 4.78 is 7.57. The van der Waals surface area contributed by atoms with E-state index < -0.39 is 16.2 Å². The summed E-state index contributed by atoms with van der Waals surface area (Å²) >= 11 is 0. The quantitative estimate of drug-likeness (QED) is 0.145. The molecule has 0 atom stereocenters. The monoisotopic (exact) mass is 1900 g/mol. The molecule has 6 heteroatoms. The molecule has 3 aliphatic carbocycles. The molecular formula is C144H90N6.